The molecule has 21 heavy (non-hydrogen) atoms. The maximum Gasteiger partial charge on any atom is 0.242 e. The van der Waals surface area contributed by atoms with Gasteiger partial charge in [0.05, 0.1) is 5.75 Å². The Labute approximate surface area is 126 Å². The summed E-state index contributed by atoms with van der Waals surface area (Å²) in [7, 11) is -1.47. The molecule has 2 atom stereocenters. The van der Waals surface area contributed by atoms with Crippen LogP contribution in [0.5, 0.6) is 0 Å². The van der Waals surface area contributed by atoms with E-state index in [0.29, 0.717) is 18.5 Å². The largest absolute Gasteiger partial charge is 0.325 e. The monoisotopic (exact) mass is 310 g/mol. The van der Waals surface area contributed by atoms with Crippen LogP contribution in [0.15, 0.2) is 24.3 Å². The molecule has 5 nitrogen and oxygen atoms in total. The minimum atomic E-state index is -3.31. The lowest BCUT2D eigenvalue weighted by Crippen LogP contribution is -2.39. The molecule has 1 aliphatic rings. The molecule has 0 aromatic heterocycles. The molecule has 2 N–H and O–H groups in total. The fourth-order valence-electron chi connectivity index (χ4n) is 2.61. The van der Waals surface area contributed by atoms with Crippen LogP contribution in [0.1, 0.15) is 37.8 Å². The second-order valence-electron chi connectivity index (χ2n) is 5.44. The molecule has 0 radical (unpaired) electrons. The molecule has 6 heteroatoms. The normalized spacial score (nSPS) is 22.5. The first kappa shape index (κ1) is 16.0. The SMILES string of the molecule is CNC(C)c1ccccc1NC(=O)C1CCCCS1(=O)=O. The Morgan fingerprint density at radius 1 is 1.29 bits per heavy atom. The zero-order valence-corrected chi connectivity index (χ0v) is 13.2. The highest BCUT2D eigenvalue weighted by molar-refractivity contribution is 7.92. The Balaban J connectivity index is 2.20. The predicted molar refractivity (Wildman–Crippen MR) is 84.0 cm³/mol. The highest BCUT2D eigenvalue weighted by Crippen LogP contribution is 2.25. The Bertz CT molecular complexity index is 613. The molecule has 1 amide bonds. The molecule has 0 saturated carbocycles. The summed E-state index contributed by atoms with van der Waals surface area (Å²) < 4.78 is 24.0. The number of nitrogens with one attached hydrogen (secondary N) is 2. The van der Waals surface area contributed by atoms with Crippen LogP contribution < -0.4 is 10.6 Å². The minimum absolute atomic E-state index is 0.0736. The van der Waals surface area contributed by atoms with E-state index in [-0.39, 0.29) is 11.8 Å². The summed E-state index contributed by atoms with van der Waals surface area (Å²) in [4.78, 5) is 12.3. The quantitative estimate of drug-likeness (QED) is 0.890. The summed E-state index contributed by atoms with van der Waals surface area (Å²) in [5, 5.41) is 5.00. The van der Waals surface area contributed by atoms with Gasteiger partial charge < -0.3 is 10.6 Å². The second-order valence-corrected chi connectivity index (χ2v) is 7.74. The summed E-state index contributed by atoms with van der Waals surface area (Å²) in [5.74, 6) is -0.301. The van der Waals surface area contributed by atoms with E-state index in [1.165, 1.54) is 0 Å². The van der Waals surface area contributed by atoms with Crippen LogP contribution in [0, 0.1) is 0 Å². The second kappa shape index (κ2) is 6.58. The highest BCUT2D eigenvalue weighted by atomic mass is 32.2. The van der Waals surface area contributed by atoms with Gasteiger partial charge in [0.25, 0.3) is 0 Å². The maximum absolute atomic E-state index is 12.3. The highest BCUT2D eigenvalue weighted by Gasteiger charge is 2.35. The van der Waals surface area contributed by atoms with E-state index in [2.05, 4.69) is 10.6 Å². The molecule has 1 heterocycles. The van der Waals surface area contributed by atoms with E-state index >= 15 is 0 Å². The number of carbonyl (C=O) groups is 1. The van der Waals surface area contributed by atoms with Crippen molar-refractivity contribution in [1.29, 1.82) is 0 Å². The summed E-state index contributed by atoms with van der Waals surface area (Å²) in [6.07, 6.45) is 1.85. The molecule has 2 rings (SSSR count). The fourth-order valence-corrected chi connectivity index (χ4v) is 4.41. The molecular formula is C15H22N2O3S. The number of hydrogen-bond donors (Lipinski definition) is 2. The standard InChI is InChI=1S/C15H22N2O3S/c1-11(16-2)12-7-3-4-8-13(12)17-15(18)14-9-5-6-10-21(14,19)20/h3-4,7-8,11,14,16H,5-6,9-10H2,1-2H3,(H,17,18). The Kier molecular flexibility index (Phi) is 5.00. The van der Waals surface area contributed by atoms with Crippen molar-refractivity contribution in [2.24, 2.45) is 0 Å². The zero-order valence-electron chi connectivity index (χ0n) is 12.4. The molecule has 2 unspecified atom stereocenters. The number of hydrogen-bond acceptors (Lipinski definition) is 4. The third kappa shape index (κ3) is 3.63. The van der Waals surface area contributed by atoms with Crippen molar-refractivity contribution in [3.63, 3.8) is 0 Å². The van der Waals surface area contributed by atoms with Crippen molar-refractivity contribution >= 4 is 21.4 Å². The van der Waals surface area contributed by atoms with Gasteiger partial charge in [0, 0.05) is 11.7 Å². The van der Waals surface area contributed by atoms with E-state index in [1.54, 1.807) is 6.07 Å². The van der Waals surface area contributed by atoms with Gasteiger partial charge in [-0.05, 0) is 38.4 Å². The molecule has 1 fully saturated rings. The van der Waals surface area contributed by atoms with E-state index < -0.39 is 21.0 Å². The smallest absolute Gasteiger partial charge is 0.242 e. The first-order valence-electron chi connectivity index (χ1n) is 7.24. The maximum atomic E-state index is 12.3. The van der Waals surface area contributed by atoms with Gasteiger partial charge >= 0.3 is 0 Å². The number of rotatable bonds is 4. The van der Waals surface area contributed by atoms with Crippen LogP contribution in [0.2, 0.25) is 0 Å². The van der Waals surface area contributed by atoms with E-state index in [4.69, 9.17) is 0 Å². The lowest BCUT2D eigenvalue weighted by molar-refractivity contribution is -0.116. The predicted octanol–water partition coefficient (Wildman–Crippen LogP) is 1.87. The van der Waals surface area contributed by atoms with Crippen molar-refractivity contribution in [1.82, 2.24) is 5.32 Å². The molecule has 1 aromatic carbocycles. The van der Waals surface area contributed by atoms with Gasteiger partial charge in [-0.25, -0.2) is 8.42 Å². The van der Waals surface area contributed by atoms with Gasteiger partial charge in [-0.2, -0.15) is 0 Å². The van der Waals surface area contributed by atoms with Crippen molar-refractivity contribution in [2.75, 3.05) is 18.1 Å². The summed E-state index contributed by atoms with van der Waals surface area (Å²) in [5.41, 5.74) is 1.62. The summed E-state index contributed by atoms with van der Waals surface area (Å²) in [6.45, 7) is 1.99. The number of para-hydroxylation sites is 1. The van der Waals surface area contributed by atoms with Crippen molar-refractivity contribution in [2.45, 2.75) is 37.5 Å². The molecule has 1 saturated heterocycles. The lowest BCUT2D eigenvalue weighted by atomic mass is 10.1. The van der Waals surface area contributed by atoms with Gasteiger partial charge in [0.1, 0.15) is 5.25 Å². The first-order valence-corrected chi connectivity index (χ1v) is 8.96. The molecule has 1 aromatic rings. The summed E-state index contributed by atoms with van der Waals surface area (Å²) >= 11 is 0. The number of sulfone groups is 1. The van der Waals surface area contributed by atoms with E-state index in [1.807, 2.05) is 32.2 Å². The average Bonchev–Trinajstić information content (AvgIpc) is 2.46. The topological polar surface area (TPSA) is 75.3 Å². The third-order valence-corrected chi connectivity index (χ3v) is 6.16. The van der Waals surface area contributed by atoms with Crippen molar-refractivity contribution in [3.8, 4) is 0 Å². The molecular weight excluding hydrogens is 288 g/mol. The number of carbonyl (C=O) groups excluding carboxylic acids is 1. The number of benzene rings is 1. The molecule has 0 bridgehead atoms. The van der Waals surface area contributed by atoms with Crippen LogP contribution in [0.4, 0.5) is 5.69 Å². The average molecular weight is 310 g/mol. The Morgan fingerprint density at radius 2 is 2.00 bits per heavy atom. The van der Waals surface area contributed by atoms with E-state index in [0.717, 1.165) is 12.0 Å². The Morgan fingerprint density at radius 3 is 2.67 bits per heavy atom. The number of anilines is 1. The molecule has 0 aliphatic carbocycles. The van der Waals surface area contributed by atoms with Crippen LogP contribution >= 0.6 is 0 Å². The van der Waals surface area contributed by atoms with Crippen LogP contribution in [0.3, 0.4) is 0 Å². The van der Waals surface area contributed by atoms with Gasteiger partial charge in [-0.1, -0.05) is 24.6 Å². The van der Waals surface area contributed by atoms with Crippen LogP contribution in [-0.2, 0) is 14.6 Å². The van der Waals surface area contributed by atoms with Crippen LogP contribution in [-0.4, -0.2) is 32.4 Å². The minimum Gasteiger partial charge on any atom is -0.325 e. The van der Waals surface area contributed by atoms with Crippen molar-refractivity contribution < 1.29 is 13.2 Å². The zero-order chi connectivity index (χ0) is 15.5. The summed E-state index contributed by atoms with van der Waals surface area (Å²) in [6, 6.07) is 7.53. The van der Waals surface area contributed by atoms with Gasteiger partial charge in [0.15, 0.2) is 9.84 Å². The van der Waals surface area contributed by atoms with Crippen LogP contribution in [0.25, 0.3) is 0 Å². The fraction of sp³-hybridized carbons (Fsp3) is 0.533. The first-order chi connectivity index (χ1) is 9.95. The van der Waals surface area contributed by atoms with Gasteiger partial charge in [-0.15, -0.1) is 0 Å². The molecule has 116 valence electrons. The van der Waals surface area contributed by atoms with Gasteiger partial charge in [0.2, 0.25) is 5.91 Å². The third-order valence-electron chi connectivity index (χ3n) is 3.99. The van der Waals surface area contributed by atoms with Gasteiger partial charge in [-0.3, -0.25) is 4.79 Å². The lowest BCUT2D eigenvalue weighted by Gasteiger charge is -2.23. The molecule has 0 spiro atoms. The number of amides is 1. The Hall–Kier alpha value is -1.40. The van der Waals surface area contributed by atoms with E-state index in [9.17, 15) is 13.2 Å². The van der Waals surface area contributed by atoms with Crippen molar-refractivity contribution in [3.05, 3.63) is 29.8 Å². The molecule has 1 aliphatic heterocycles.